The second-order valence-corrected chi connectivity index (χ2v) is 13.9. The molecule has 0 aromatic heterocycles. The summed E-state index contributed by atoms with van der Waals surface area (Å²) in [4.78, 5) is 2.36. The van der Waals surface area contributed by atoms with Crippen LogP contribution < -0.4 is 4.90 Å². The minimum absolute atomic E-state index is 0.0701. The third-order valence-corrected chi connectivity index (χ3v) is 10.8. The number of likely N-dealkylation sites (N-methyl/N-ethyl adjacent to an activating group) is 1. The van der Waals surface area contributed by atoms with Crippen LogP contribution >= 0.6 is 11.6 Å². The average Bonchev–Trinajstić information content (AvgIpc) is 3.33. The second kappa shape index (κ2) is 10.1. The van der Waals surface area contributed by atoms with Crippen LogP contribution in [0.25, 0.3) is 27.1 Å². The fourth-order valence-electron chi connectivity index (χ4n) is 8.10. The molecule has 0 unspecified atom stereocenters. The van der Waals surface area contributed by atoms with Crippen LogP contribution in [-0.2, 0) is 10.8 Å². The lowest BCUT2D eigenvalue weighted by Crippen LogP contribution is -2.22. The number of benzene rings is 4. The first-order valence-corrected chi connectivity index (χ1v) is 16.0. The Morgan fingerprint density at radius 2 is 1.37 bits per heavy atom. The van der Waals surface area contributed by atoms with Crippen LogP contribution in [0.1, 0.15) is 70.6 Å². The normalized spacial score (nSPS) is 21.2. The van der Waals surface area contributed by atoms with Crippen molar-refractivity contribution in [3.8, 4) is 0 Å². The molecule has 216 valence electrons. The maximum Gasteiger partial charge on any atom is 0.0469 e. The largest absolute Gasteiger partial charge is 0.347 e. The molecule has 0 saturated carbocycles. The number of rotatable bonds is 3. The van der Waals surface area contributed by atoms with Crippen LogP contribution in [0, 0.1) is 0 Å². The van der Waals surface area contributed by atoms with Gasteiger partial charge in [-0.25, -0.2) is 0 Å². The maximum atomic E-state index is 7.17. The van der Waals surface area contributed by atoms with Gasteiger partial charge in [0.15, 0.2) is 0 Å². The zero-order chi connectivity index (χ0) is 30.1. The molecule has 0 fully saturated rings. The first kappa shape index (κ1) is 28.0. The third kappa shape index (κ3) is 4.27. The van der Waals surface area contributed by atoms with Crippen molar-refractivity contribution in [1.82, 2.24) is 0 Å². The number of allylic oxidation sites excluding steroid dienone is 10. The molecule has 0 atom stereocenters. The summed E-state index contributed by atoms with van der Waals surface area (Å²) in [7, 11) is 2.19. The lowest BCUT2D eigenvalue weighted by atomic mass is 9.78. The first-order valence-electron chi connectivity index (χ1n) is 15.6. The van der Waals surface area contributed by atoms with E-state index in [1.54, 1.807) is 0 Å². The van der Waals surface area contributed by atoms with Gasteiger partial charge in [0.25, 0.3) is 0 Å². The Morgan fingerprint density at radius 1 is 0.721 bits per heavy atom. The highest BCUT2D eigenvalue weighted by Gasteiger charge is 2.40. The van der Waals surface area contributed by atoms with Crippen molar-refractivity contribution in [2.24, 2.45) is 0 Å². The van der Waals surface area contributed by atoms with E-state index in [2.05, 4.69) is 144 Å². The number of hydrogen-bond acceptors (Lipinski definition) is 1. The Bertz CT molecular complexity index is 1970. The fraction of sp³-hybridized carbons (Fsp3) is 0.268. The molecule has 0 amide bonds. The topological polar surface area (TPSA) is 3.24 Å². The molecule has 1 nitrogen and oxygen atoms in total. The van der Waals surface area contributed by atoms with Gasteiger partial charge in [0.2, 0.25) is 0 Å². The number of nitrogens with zero attached hydrogens (tertiary/aromatic N) is 1. The molecular weight excluding hydrogens is 542 g/mol. The van der Waals surface area contributed by atoms with E-state index in [1.165, 1.54) is 71.9 Å². The number of anilines is 1. The molecule has 2 aliphatic carbocycles. The smallest absolute Gasteiger partial charge is 0.0469 e. The molecule has 0 radical (unpaired) electrons. The summed E-state index contributed by atoms with van der Waals surface area (Å²) < 4.78 is 0. The third-order valence-electron chi connectivity index (χ3n) is 10.3. The van der Waals surface area contributed by atoms with E-state index in [4.69, 9.17) is 11.6 Å². The van der Waals surface area contributed by atoms with E-state index < -0.39 is 0 Å². The zero-order valence-electron chi connectivity index (χ0n) is 26.2. The van der Waals surface area contributed by atoms with Crippen molar-refractivity contribution in [3.05, 3.63) is 141 Å². The molecule has 1 heterocycles. The van der Waals surface area contributed by atoms with Crippen LogP contribution in [0.2, 0.25) is 0 Å². The molecule has 2 heteroatoms. The van der Waals surface area contributed by atoms with E-state index in [-0.39, 0.29) is 10.8 Å². The van der Waals surface area contributed by atoms with Gasteiger partial charge in [-0.15, -0.1) is 0 Å². The average molecular weight is 582 g/mol. The van der Waals surface area contributed by atoms with Crippen LogP contribution in [0.5, 0.6) is 0 Å². The van der Waals surface area contributed by atoms with E-state index in [1.807, 2.05) is 0 Å². The molecule has 0 saturated heterocycles. The van der Waals surface area contributed by atoms with Gasteiger partial charge in [0.05, 0.1) is 0 Å². The van der Waals surface area contributed by atoms with Crippen molar-refractivity contribution >= 4 is 44.4 Å². The fourth-order valence-corrected chi connectivity index (χ4v) is 8.42. The lowest BCUT2D eigenvalue weighted by molar-refractivity contribution is 0.645. The Hall–Kier alpha value is -3.81. The SMILES string of the molecule is CC1=C(/C=C/C2=C(Cl)C(=C/C=C3/N(C)c4ccc5ccccc5c4C3(C)C)/CCC2)C(C)(C)c2c1ccc1ccccc21. The summed E-state index contributed by atoms with van der Waals surface area (Å²) in [5.41, 5.74) is 11.9. The maximum absolute atomic E-state index is 7.17. The second-order valence-electron chi connectivity index (χ2n) is 13.5. The van der Waals surface area contributed by atoms with Crippen LogP contribution in [0.3, 0.4) is 0 Å². The summed E-state index contributed by atoms with van der Waals surface area (Å²) in [6.45, 7) is 11.7. The molecule has 0 N–H and O–H groups in total. The summed E-state index contributed by atoms with van der Waals surface area (Å²) in [5.74, 6) is 0. The van der Waals surface area contributed by atoms with Gasteiger partial charge in [0, 0.05) is 34.3 Å². The molecule has 3 aliphatic rings. The Morgan fingerprint density at radius 3 is 2.09 bits per heavy atom. The molecule has 4 aromatic carbocycles. The summed E-state index contributed by atoms with van der Waals surface area (Å²) in [6.07, 6.45) is 12.4. The van der Waals surface area contributed by atoms with E-state index in [0.717, 1.165) is 24.3 Å². The van der Waals surface area contributed by atoms with Gasteiger partial charge in [-0.05, 0) is 98.9 Å². The highest BCUT2D eigenvalue weighted by molar-refractivity contribution is 6.32. The van der Waals surface area contributed by atoms with E-state index in [0.29, 0.717) is 0 Å². The van der Waals surface area contributed by atoms with Crippen molar-refractivity contribution in [2.75, 3.05) is 11.9 Å². The highest BCUT2D eigenvalue weighted by Crippen LogP contribution is 2.51. The van der Waals surface area contributed by atoms with Crippen molar-refractivity contribution in [2.45, 2.75) is 64.7 Å². The van der Waals surface area contributed by atoms with Crippen LogP contribution in [0.4, 0.5) is 5.69 Å². The predicted octanol–water partition coefficient (Wildman–Crippen LogP) is 11.5. The van der Waals surface area contributed by atoms with Crippen LogP contribution in [0.15, 0.2) is 125 Å². The Labute approximate surface area is 261 Å². The predicted molar refractivity (Wildman–Crippen MR) is 187 cm³/mol. The lowest BCUT2D eigenvalue weighted by Gasteiger charge is -2.25. The quantitative estimate of drug-likeness (QED) is 0.232. The van der Waals surface area contributed by atoms with Gasteiger partial charge in [0.1, 0.15) is 0 Å². The Balaban J connectivity index is 1.22. The molecule has 43 heavy (non-hydrogen) atoms. The van der Waals surface area contributed by atoms with Gasteiger partial charge in [-0.3, -0.25) is 0 Å². The standard InChI is InChI=1S/C41H40ClN/c1-26-31-22-18-27-12-7-9-16-32(27)37(31)40(2,3)34(26)23-19-29-14-11-15-30(39(29)42)21-25-36-41(4,5)38-33-17-10-8-13-28(33)20-24-35(38)43(36)6/h7-10,12-13,16-25H,11,14-15H2,1-6H3/b23-19+,30-21+,36-25+. The molecule has 0 spiro atoms. The van der Waals surface area contributed by atoms with Gasteiger partial charge >= 0.3 is 0 Å². The Kier molecular flexibility index (Phi) is 6.60. The number of halogens is 1. The van der Waals surface area contributed by atoms with E-state index >= 15 is 0 Å². The monoisotopic (exact) mass is 581 g/mol. The van der Waals surface area contributed by atoms with Gasteiger partial charge in [-0.1, -0.05) is 124 Å². The molecule has 1 aliphatic heterocycles. The first-order chi connectivity index (χ1) is 20.6. The van der Waals surface area contributed by atoms with Gasteiger partial charge in [-0.2, -0.15) is 0 Å². The number of hydrogen-bond donors (Lipinski definition) is 0. The van der Waals surface area contributed by atoms with Crippen molar-refractivity contribution in [3.63, 3.8) is 0 Å². The van der Waals surface area contributed by atoms with Crippen molar-refractivity contribution < 1.29 is 0 Å². The zero-order valence-corrected chi connectivity index (χ0v) is 26.9. The molecular formula is C41H40ClN. The van der Waals surface area contributed by atoms with E-state index in [9.17, 15) is 0 Å². The minimum atomic E-state index is -0.104. The molecule has 7 rings (SSSR count). The highest BCUT2D eigenvalue weighted by atomic mass is 35.5. The summed E-state index contributed by atoms with van der Waals surface area (Å²) in [6, 6.07) is 26.6. The minimum Gasteiger partial charge on any atom is -0.347 e. The summed E-state index contributed by atoms with van der Waals surface area (Å²) >= 11 is 7.17. The van der Waals surface area contributed by atoms with Crippen molar-refractivity contribution in [1.29, 1.82) is 0 Å². The summed E-state index contributed by atoms with van der Waals surface area (Å²) in [5, 5.41) is 6.21. The molecule has 4 aromatic rings. The number of fused-ring (bicyclic) bond motifs is 6. The van der Waals surface area contributed by atoms with Crippen LogP contribution in [-0.4, -0.2) is 7.05 Å². The molecule has 0 bridgehead atoms. The van der Waals surface area contributed by atoms with Gasteiger partial charge < -0.3 is 4.90 Å².